The van der Waals surface area contributed by atoms with Crippen LogP contribution in [-0.4, -0.2) is 22.6 Å². The van der Waals surface area contributed by atoms with Gasteiger partial charge in [-0.25, -0.2) is 9.78 Å². The lowest BCUT2D eigenvalue weighted by molar-refractivity contribution is 0.187. The van der Waals surface area contributed by atoms with Gasteiger partial charge in [-0.05, 0) is 42.1 Å². The van der Waals surface area contributed by atoms with Crippen molar-refractivity contribution in [3.05, 3.63) is 72.1 Å². The van der Waals surface area contributed by atoms with Crippen molar-refractivity contribution < 1.29 is 9.53 Å². The summed E-state index contributed by atoms with van der Waals surface area (Å²) in [7, 11) is 1.32. The van der Waals surface area contributed by atoms with Crippen LogP contribution in [0.1, 0.15) is 11.3 Å². The van der Waals surface area contributed by atoms with Crippen molar-refractivity contribution in [1.82, 2.24) is 9.38 Å². The number of ether oxygens (including phenoxy) is 1. The van der Waals surface area contributed by atoms with Crippen molar-refractivity contribution in [3.8, 4) is 17.3 Å². The molecular formula is C23H18N4O2. The van der Waals surface area contributed by atoms with Crippen LogP contribution in [0.3, 0.4) is 0 Å². The number of pyridine rings is 1. The normalized spacial score (nSPS) is 11.1. The summed E-state index contributed by atoms with van der Waals surface area (Å²) < 4.78 is 6.64. The van der Waals surface area contributed by atoms with Crippen molar-refractivity contribution in [1.29, 1.82) is 5.26 Å². The zero-order valence-electron chi connectivity index (χ0n) is 16.0. The number of rotatable bonds is 3. The molecule has 0 aliphatic carbocycles. The minimum Gasteiger partial charge on any atom is -0.453 e. The third-order valence-electron chi connectivity index (χ3n) is 4.79. The molecule has 142 valence electrons. The highest BCUT2D eigenvalue weighted by Crippen LogP contribution is 2.32. The Kier molecular flexibility index (Phi) is 4.71. The van der Waals surface area contributed by atoms with Gasteiger partial charge in [-0.3, -0.25) is 9.72 Å². The van der Waals surface area contributed by atoms with Crippen molar-refractivity contribution >= 4 is 34.3 Å². The number of hydrogen-bond donors (Lipinski definition) is 1. The topological polar surface area (TPSA) is 79.4 Å². The Morgan fingerprint density at radius 1 is 1.24 bits per heavy atom. The molecule has 1 amide bonds. The minimum absolute atomic E-state index is 0.530. The van der Waals surface area contributed by atoms with E-state index in [1.54, 1.807) is 6.08 Å². The molecule has 2 aromatic carbocycles. The Balaban J connectivity index is 2.01. The van der Waals surface area contributed by atoms with E-state index >= 15 is 0 Å². The van der Waals surface area contributed by atoms with Crippen LogP contribution in [0.4, 0.5) is 10.5 Å². The molecule has 0 unspecified atom stereocenters. The van der Waals surface area contributed by atoms with Gasteiger partial charge in [-0.1, -0.05) is 30.3 Å². The van der Waals surface area contributed by atoms with Crippen LogP contribution in [0, 0.1) is 18.3 Å². The first kappa shape index (κ1) is 18.3. The number of nitriles is 1. The highest BCUT2D eigenvalue weighted by atomic mass is 16.5. The highest BCUT2D eigenvalue weighted by molar-refractivity contribution is 5.99. The number of aromatic nitrogens is 2. The van der Waals surface area contributed by atoms with E-state index in [9.17, 15) is 4.79 Å². The summed E-state index contributed by atoms with van der Waals surface area (Å²) in [6, 6.07) is 17.7. The third-order valence-corrected chi connectivity index (χ3v) is 4.79. The maximum absolute atomic E-state index is 11.6. The van der Waals surface area contributed by atoms with Gasteiger partial charge in [0.25, 0.3) is 0 Å². The molecule has 0 radical (unpaired) electrons. The van der Waals surface area contributed by atoms with Gasteiger partial charge >= 0.3 is 6.09 Å². The molecule has 4 rings (SSSR count). The summed E-state index contributed by atoms with van der Waals surface area (Å²) in [5, 5.41) is 13.6. The number of allylic oxidation sites excluding steroid dienone is 1. The molecule has 0 aliphatic heterocycles. The quantitative estimate of drug-likeness (QED) is 0.495. The Bertz CT molecular complexity index is 1310. The van der Waals surface area contributed by atoms with Crippen molar-refractivity contribution in [3.63, 3.8) is 0 Å². The summed E-state index contributed by atoms with van der Waals surface area (Å²) in [5.74, 6) is 0. The number of benzene rings is 2. The summed E-state index contributed by atoms with van der Waals surface area (Å²) in [6.45, 7) is 2.04. The van der Waals surface area contributed by atoms with Crippen LogP contribution < -0.4 is 5.32 Å². The van der Waals surface area contributed by atoms with E-state index in [1.165, 1.54) is 13.2 Å². The van der Waals surface area contributed by atoms with E-state index in [4.69, 9.17) is 10.2 Å². The van der Waals surface area contributed by atoms with E-state index in [-0.39, 0.29) is 0 Å². The number of nitrogens with one attached hydrogen (secondary N) is 1. The smallest absolute Gasteiger partial charge is 0.411 e. The first-order valence-corrected chi connectivity index (χ1v) is 9.04. The first-order valence-electron chi connectivity index (χ1n) is 9.04. The van der Waals surface area contributed by atoms with Gasteiger partial charge in [0.15, 0.2) is 0 Å². The van der Waals surface area contributed by atoms with Gasteiger partial charge in [-0.15, -0.1) is 0 Å². The molecule has 29 heavy (non-hydrogen) atoms. The second-order valence-corrected chi connectivity index (χ2v) is 6.55. The predicted molar refractivity (Wildman–Crippen MR) is 114 cm³/mol. The van der Waals surface area contributed by atoms with Gasteiger partial charge in [0.05, 0.1) is 24.6 Å². The van der Waals surface area contributed by atoms with E-state index in [1.807, 2.05) is 66.1 Å². The number of imidazole rings is 1. The average molecular weight is 382 g/mol. The largest absolute Gasteiger partial charge is 0.453 e. The van der Waals surface area contributed by atoms with Gasteiger partial charge in [0.2, 0.25) is 0 Å². The molecule has 4 aromatic rings. The fraction of sp³-hybridized carbons (Fsp3) is 0.0870. The lowest BCUT2D eigenvalue weighted by Gasteiger charge is -2.07. The lowest BCUT2D eigenvalue weighted by atomic mass is 10.0. The van der Waals surface area contributed by atoms with Crippen LogP contribution in [0.15, 0.2) is 60.8 Å². The second kappa shape index (κ2) is 7.49. The molecule has 6 heteroatoms. The molecule has 0 bridgehead atoms. The standard InChI is InChI=1S/C23H18N4O2/c1-15-6-3-4-7-18(15)21-20(8-5-12-24)27-13-11-16-9-10-17(25-23(28)29-2)14-19(16)22(27)26-21/h3-11,13-14H,1-2H3,(H,25,28). The van der Waals surface area contributed by atoms with Crippen molar-refractivity contribution in [2.45, 2.75) is 6.92 Å². The van der Waals surface area contributed by atoms with E-state index in [2.05, 4.69) is 16.1 Å². The van der Waals surface area contributed by atoms with E-state index in [0.29, 0.717) is 5.69 Å². The average Bonchev–Trinajstić information content (AvgIpc) is 3.11. The predicted octanol–water partition coefficient (Wildman–Crippen LogP) is 5.18. The maximum atomic E-state index is 11.6. The molecule has 0 saturated carbocycles. The highest BCUT2D eigenvalue weighted by Gasteiger charge is 2.16. The summed E-state index contributed by atoms with van der Waals surface area (Å²) in [6.07, 6.45) is 4.63. The molecule has 0 saturated heterocycles. The van der Waals surface area contributed by atoms with E-state index < -0.39 is 6.09 Å². The number of carbonyl (C=O) groups is 1. The van der Waals surface area contributed by atoms with Crippen LogP contribution >= 0.6 is 0 Å². The van der Waals surface area contributed by atoms with Gasteiger partial charge < -0.3 is 4.74 Å². The fourth-order valence-electron chi connectivity index (χ4n) is 3.40. The van der Waals surface area contributed by atoms with Gasteiger partial charge in [0.1, 0.15) is 5.65 Å². The molecule has 0 aliphatic rings. The molecule has 2 heterocycles. The van der Waals surface area contributed by atoms with Crippen LogP contribution in [0.2, 0.25) is 0 Å². The zero-order valence-corrected chi connectivity index (χ0v) is 16.0. The summed E-state index contributed by atoms with van der Waals surface area (Å²) in [4.78, 5) is 16.5. The molecule has 2 aromatic heterocycles. The summed E-state index contributed by atoms with van der Waals surface area (Å²) >= 11 is 0. The number of carbonyl (C=O) groups excluding carboxylic acids is 1. The molecule has 0 fully saturated rings. The van der Waals surface area contributed by atoms with Crippen molar-refractivity contribution in [2.75, 3.05) is 12.4 Å². The number of hydrogen-bond acceptors (Lipinski definition) is 4. The van der Waals surface area contributed by atoms with Gasteiger partial charge in [0, 0.05) is 28.9 Å². The fourth-order valence-corrected chi connectivity index (χ4v) is 3.40. The maximum Gasteiger partial charge on any atom is 0.411 e. The Labute approximate surface area is 167 Å². The number of methoxy groups -OCH3 is 1. The monoisotopic (exact) mass is 382 g/mol. The number of anilines is 1. The number of aryl methyl sites for hydroxylation is 1. The number of fused-ring (bicyclic) bond motifs is 3. The van der Waals surface area contributed by atoms with E-state index in [0.717, 1.165) is 38.9 Å². The molecule has 0 spiro atoms. The third kappa shape index (κ3) is 3.30. The van der Waals surface area contributed by atoms with Gasteiger partial charge in [-0.2, -0.15) is 5.26 Å². The zero-order chi connectivity index (χ0) is 20.4. The Morgan fingerprint density at radius 2 is 2.07 bits per heavy atom. The van der Waals surface area contributed by atoms with Crippen molar-refractivity contribution in [2.24, 2.45) is 0 Å². The Morgan fingerprint density at radius 3 is 2.83 bits per heavy atom. The molecule has 1 N–H and O–H groups in total. The minimum atomic E-state index is -0.530. The second-order valence-electron chi connectivity index (χ2n) is 6.55. The van der Waals surface area contributed by atoms with Crippen LogP contribution in [-0.2, 0) is 4.74 Å². The lowest BCUT2D eigenvalue weighted by Crippen LogP contribution is -2.10. The molecule has 6 nitrogen and oxygen atoms in total. The van der Waals surface area contributed by atoms with Crippen LogP contribution in [0.25, 0.3) is 33.8 Å². The summed E-state index contributed by atoms with van der Waals surface area (Å²) in [5.41, 5.74) is 5.09. The molecular weight excluding hydrogens is 364 g/mol. The number of nitrogens with zero attached hydrogens (tertiary/aromatic N) is 3. The molecule has 0 atom stereocenters. The first-order chi connectivity index (χ1) is 14.1. The number of amides is 1. The van der Waals surface area contributed by atoms with Crippen LogP contribution in [0.5, 0.6) is 0 Å². The SMILES string of the molecule is COC(=O)Nc1ccc2ccn3c(C=CC#N)c(-c4ccccc4C)nc3c2c1. The Hall–Kier alpha value is -4.11.